The zero-order chi connectivity index (χ0) is 14.5. The maximum atomic E-state index is 12.2. The van der Waals surface area contributed by atoms with Crippen molar-refractivity contribution < 1.29 is 4.79 Å². The highest BCUT2D eigenvalue weighted by Crippen LogP contribution is 2.16. The van der Waals surface area contributed by atoms with Crippen molar-refractivity contribution in [2.24, 2.45) is 0 Å². The van der Waals surface area contributed by atoms with Gasteiger partial charge in [-0.25, -0.2) is 0 Å². The van der Waals surface area contributed by atoms with E-state index in [1.807, 2.05) is 31.2 Å². The van der Waals surface area contributed by atoms with Crippen molar-refractivity contribution in [2.45, 2.75) is 26.8 Å². The average Bonchev–Trinajstić information content (AvgIpc) is 2.45. The standard InChI is InChI=1S/C16H19N3O/c1-3-12-7-5-9-18-14(12)10-19-16(20)15-11(2)6-4-8-13(15)17/h4-9H,3,10,17H2,1-2H3,(H,19,20). The van der Waals surface area contributed by atoms with E-state index in [-0.39, 0.29) is 5.91 Å². The normalized spacial score (nSPS) is 10.3. The monoisotopic (exact) mass is 269 g/mol. The number of nitrogen functional groups attached to an aromatic ring is 1. The summed E-state index contributed by atoms with van der Waals surface area (Å²) in [6.07, 6.45) is 2.63. The first kappa shape index (κ1) is 14.1. The predicted molar refractivity (Wildman–Crippen MR) is 80.4 cm³/mol. The molecule has 4 heteroatoms. The van der Waals surface area contributed by atoms with Crippen LogP contribution in [0.5, 0.6) is 0 Å². The molecule has 1 heterocycles. The minimum Gasteiger partial charge on any atom is -0.398 e. The van der Waals surface area contributed by atoms with Gasteiger partial charge in [-0.05, 0) is 36.6 Å². The molecular weight excluding hydrogens is 250 g/mol. The molecule has 0 aliphatic heterocycles. The molecule has 0 unspecified atom stereocenters. The van der Waals surface area contributed by atoms with Gasteiger partial charge in [0.05, 0.1) is 17.8 Å². The SMILES string of the molecule is CCc1cccnc1CNC(=O)c1c(C)cccc1N. The number of anilines is 1. The van der Waals surface area contributed by atoms with Gasteiger partial charge in [0.2, 0.25) is 0 Å². The Labute approximate surface area is 119 Å². The summed E-state index contributed by atoms with van der Waals surface area (Å²) in [5.41, 5.74) is 9.83. The Kier molecular flexibility index (Phi) is 4.35. The summed E-state index contributed by atoms with van der Waals surface area (Å²) >= 11 is 0. The smallest absolute Gasteiger partial charge is 0.253 e. The number of amides is 1. The first-order valence-electron chi connectivity index (χ1n) is 6.69. The maximum Gasteiger partial charge on any atom is 0.253 e. The van der Waals surface area contributed by atoms with E-state index in [9.17, 15) is 4.79 Å². The number of carbonyl (C=O) groups excluding carboxylic acids is 1. The van der Waals surface area contributed by atoms with Crippen LogP contribution in [0.25, 0.3) is 0 Å². The van der Waals surface area contributed by atoms with Crippen molar-refractivity contribution >= 4 is 11.6 Å². The summed E-state index contributed by atoms with van der Waals surface area (Å²) in [5.74, 6) is -0.159. The van der Waals surface area contributed by atoms with Gasteiger partial charge < -0.3 is 11.1 Å². The number of nitrogens with zero attached hydrogens (tertiary/aromatic N) is 1. The van der Waals surface area contributed by atoms with E-state index >= 15 is 0 Å². The number of nitrogens with two attached hydrogens (primary N) is 1. The first-order chi connectivity index (χ1) is 9.63. The first-order valence-corrected chi connectivity index (χ1v) is 6.69. The number of hydrogen-bond donors (Lipinski definition) is 2. The number of rotatable bonds is 4. The van der Waals surface area contributed by atoms with E-state index in [2.05, 4.69) is 17.2 Å². The Morgan fingerprint density at radius 3 is 2.80 bits per heavy atom. The molecule has 20 heavy (non-hydrogen) atoms. The van der Waals surface area contributed by atoms with Crippen LogP contribution in [0.1, 0.15) is 34.1 Å². The Hall–Kier alpha value is -2.36. The fourth-order valence-electron chi connectivity index (χ4n) is 2.21. The Bertz CT molecular complexity index is 603. The quantitative estimate of drug-likeness (QED) is 0.838. The van der Waals surface area contributed by atoms with Gasteiger partial charge in [0.1, 0.15) is 0 Å². The second-order valence-corrected chi connectivity index (χ2v) is 4.68. The largest absolute Gasteiger partial charge is 0.398 e. The Morgan fingerprint density at radius 1 is 1.30 bits per heavy atom. The number of aryl methyl sites for hydroxylation is 2. The molecule has 3 N–H and O–H groups in total. The van der Waals surface area contributed by atoms with Crippen LogP contribution < -0.4 is 11.1 Å². The number of hydrogen-bond acceptors (Lipinski definition) is 3. The third kappa shape index (κ3) is 2.96. The van der Waals surface area contributed by atoms with Crippen molar-refractivity contribution in [1.82, 2.24) is 10.3 Å². The molecule has 0 saturated carbocycles. The maximum absolute atomic E-state index is 12.2. The molecule has 0 aliphatic rings. The van der Waals surface area contributed by atoms with E-state index in [0.717, 1.165) is 23.2 Å². The van der Waals surface area contributed by atoms with Crippen LogP contribution in [-0.2, 0) is 13.0 Å². The molecular formula is C16H19N3O. The summed E-state index contributed by atoms with van der Waals surface area (Å²) in [7, 11) is 0. The fraction of sp³-hybridized carbons (Fsp3) is 0.250. The second kappa shape index (κ2) is 6.19. The van der Waals surface area contributed by atoms with Crippen LogP contribution in [0, 0.1) is 6.92 Å². The topological polar surface area (TPSA) is 68.0 Å². The van der Waals surface area contributed by atoms with E-state index in [1.54, 1.807) is 12.3 Å². The van der Waals surface area contributed by atoms with Crippen molar-refractivity contribution in [2.75, 3.05) is 5.73 Å². The van der Waals surface area contributed by atoms with Gasteiger partial charge in [-0.3, -0.25) is 9.78 Å². The Balaban J connectivity index is 2.13. The number of aromatic nitrogens is 1. The molecule has 0 atom stereocenters. The van der Waals surface area contributed by atoms with Crippen LogP contribution in [-0.4, -0.2) is 10.9 Å². The molecule has 1 amide bonds. The highest BCUT2D eigenvalue weighted by molar-refractivity contribution is 6.00. The molecule has 2 aromatic rings. The van der Waals surface area contributed by atoms with Gasteiger partial charge in [-0.2, -0.15) is 0 Å². The lowest BCUT2D eigenvalue weighted by molar-refractivity contribution is 0.0950. The molecule has 0 aliphatic carbocycles. The lowest BCUT2D eigenvalue weighted by atomic mass is 10.1. The number of carbonyl (C=O) groups is 1. The second-order valence-electron chi connectivity index (χ2n) is 4.68. The molecule has 104 valence electrons. The fourth-order valence-corrected chi connectivity index (χ4v) is 2.21. The van der Waals surface area contributed by atoms with Gasteiger partial charge >= 0.3 is 0 Å². The van der Waals surface area contributed by atoms with Gasteiger partial charge in [0, 0.05) is 11.9 Å². The van der Waals surface area contributed by atoms with Gasteiger partial charge in [0.15, 0.2) is 0 Å². The van der Waals surface area contributed by atoms with Crippen LogP contribution in [0.4, 0.5) is 5.69 Å². The minimum atomic E-state index is -0.159. The van der Waals surface area contributed by atoms with E-state index in [1.165, 1.54) is 0 Å². The summed E-state index contributed by atoms with van der Waals surface area (Å²) < 4.78 is 0. The summed E-state index contributed by atoms with van der Waals surface area (Å²) in [6, 6.07) is 9.39. The molecule has 0 spiro atoms. The van der Waals surface area contributed by atoms with Crippen LogP contribution in [0.3, 0.4) is 0 Å². The number of nitrogens with one attached hydrogen (secondary N) is 1. The van der Waals surface area contributed by atoms with Gasteiger partial charge in [0.25, 0.3) is 5.91 Å². The van der Waals surface area contributed by atoms with E-state index in [4.69, 9.17) is 5.73 Å². The number of benzene rings is 1. The average molecular weight is 269 g/mol. The van der Waals surface area contributed by atoms with Crippen molar-refractivity contribution in [1.29, 1.82) is 0 Å². The van der Waals surface area contributed by atoms with Gasteiger partial charge in [-0.1, -0.05) is 25.1 Å². The summed E-state index contributed by atoms with van der Waals surface area (Å²) in [4.78, 5) is 16.6. The van der Waals surface area contributed by atoms with E-state index in [0.29, 0.717) is 17.8 Å². The van der Waals surface area contributed by atoms with E-state index < -0.39 is 0 Å². The van der Waals surface area contributed by atoms with Gasteiger partial charge in [-0.15, -0.1) is 0 Å². The highest BCUT2D eigenvalue weighted by atomic mass is 16.1. The number of pyridine rings is 1. The zero-order valence-electron chi connectivity index (χ0n) is 11.8. The molecule has 0 fully saturated rings. The zero-order valence-corrected chi connectivity index (χ0v) is 11.8. The van der Waals surface area contributed by atoms with Crippen molar-refractivity contribution in [3.8, 4) is 0 Å². The summed E-state index contributed by atoms with van der Waals surface area (Å²) in [5, 5.41) is 2.89. The van der Waals surface area contributed by atoms with Crippen LogP contribution in [0.15, 0.2) is 36.5 Å². The molecule has 1 aromatic heterocycles. The minimum absolute atomic E-state index is 0.159. The third-order valence-electron chi connectivity index (χ3n) is 3.31. The van der Waals surface area contributed by atoms with Crippen LogP contribution >= 0.6 is 0 Å². The Morgan fingerprint density at radius 2 is 2.10 bits per heavy atom. The van der Waals surface area contributed by atoms with Crippen molar-refractivity contribution in [3.05, 3.63) is 58.9 Å². The van der Waals surface area contributed by atoms with Crippen molar-refractivity contribution in [3.63, 3.8) is 0 Å². The molecule has 1 aromatic carbocycles. The van der Waals surface area contributed by atoms with Crippen LogP contribution in [0.2, 0.25) is 0 Å². The molecule has 0 saturated heterocycles. The molecule has 0 bridgehead atoms. The molecule has 2 rings (SSSR count). The molecule has 4 nitrogen and oxygen atoms in total. The lowest BCUT2D eigenvalue weighted by Gasteiger charge is -2.11. The highest BCUT2D eigenvalue weighted by Gasteiger charge is 2.12. The summed E-state index contributed by atoms with van der Waals surface area (Å²) in [6.45, 7) is 4.36. The third-order valence-corrected chi connectivity index (χ3v) is 3.31. The molecule has 0 radical (unpaired) electrons. The lowest BCUT2D eigenvalue weighted by Crippen LogP contribution is -2.25. The predicted octanol–water partition coefficient (Wildman–Crippen LogP) is 2.46.